The van der Waals surface area contributed by atoms with Gasteiger partial charge in [0, 0.05) is 36.9 Å². The van der Waals surface area contributed by atoms with Crippen molar-refractivity contribution in [3.05, 3.63) is 78.1 Å². The number of hydrogen-bond acceptors (Lipinski definition) is 3. The molecule has 0 atom stereocenters. The molecule has 3 aromatic heterocycles. The largest absolute Gasteiger partial charge is 0.357 e. The number of pyridine rings is 1. The molecule has 4 aromatic rings. The predicted molar refractivity (Wildman–Crippen MR) is 105 cm³/mol. The molecule has 0 saturated heterocycles. The molecule has 3 heterocycles. The van der Waals surface area contributed by atoms with Crippen molar-refractivity contribution in [3.63, 3.8) is 0 Å². The summed E-state index contributed by atoms with van der Waals surface area (Å²) in [6, 6.07) is 14.8. The molecule has 1 aromatic carbocycles. The Morgan fingerprint density at radius 2 is 2.07 bits per heavy atom. The highest BCUT2D eigenvalue weighted by Gasteiger charge is 2.20. The molecule has 0 aliphatic rings. The van der Waals surface area contributed by atoms with Crippen LogP contribution < -0.4 is 0 Å². The second-order valence-corrected chi connectivity index (χ2v) is 6.33. The number of nitrogens with zero attached hydrogens (tertiary/aromatic N) is 3. The van der Waals surface area contributed by atoms with E-state index in [-0.39, 0.29) is 13.9 Å². The molecule has 0 aliphatic carbocycles. The first-order chi connectivity index (χ1) is 13.7. The minimum absolute atomic E-state index is 0. The molecular weight excluding hydrogens is 357 g/mol. The van der Waals surface area contributed by atoms with Crippen LogP contribution in [0.1, 0.15) is 17.5 Å². The standard InChI is InChI=1S/C21H16FN5O.H2/c22-17-12-26-20-16(6-8-24-20)19(17)15-10-18(25-11-15)21(28)27(9-7-23)13-14-4-2-1-3-5-14;/h1-6,8,10-12,25H,9,13H2,(H,24,26);1H. The zero-order valence-corrected chi connectivity index (χ0v) is 14.8. The number of halogens is 1. The van der Waals surface area contributed by atoms with Gasteiger partial charge in [0.25, 0.3) is 5.91 Å². The van der Waals surface area contributed by atoms with Gasteiger partial charge < -0.3 is 14.9 Å². The van der Waals surface area contributed by atoms with Crippen LogP contribution in [-0.4, -0.2) is 32.3 Å². The van der Waals surface area contributed by atoms with Gasteiger partial charge in [0.2, 0.25) is 0 Å². The van der Waals surface area contributed by atoms with E-state index in [1.165, 1.54) is 4.90 Å². The van der Waals surface area contributed by atoms with Crippen molar-refractivity contribution in [1.29, 1.82) is 5.26 Å². The molecule has 0 radical (unpaired) electrons. The number of nitriles is 1. The van der Waals surface area contributed by atoms with Gasteiger partial charge in [-0.1, -0.05) is 30.3 Å². The second-order valence-electron chi connectivity index (χ2n) is 6.33. The molecule has 28 heavy (non-hydrogen) atoms. The van der Waals surface area contributed by atoms with Crippen LogP contribution in [0.3, 0.4) is 0 Å². The van der Waals surface area contributed by atoms with Crippen LogP contribution >= 0.6 is 0 Å². The summed E-state index contributed by atoms with van der Waals surface area (Å²) in [6.07, 6.45) is 4.43. The number of carbonyl (C=O) groups excluding carboxylic acids is 1. The van der Waals surface area contributed by atoms with Crippen LogP contribution in [0.15, 0.2) is 61.1 Å². The molecule has 0 saturated carbocycles. The highest BCUT2D eigenvalue weighted by molar-refractivity contribution is 5.97. The lowest BCUT2D eigenvalue weighted by Crippen LogP contribution is -2.31. The second kappa shape index (κ2) is 7.37. The first-order valence-electron chi connectivity index (χ1n) is 8.68. The van der Waals surface area contributed by atoms with Crippen molar-refractivity contribution in [3.8, 4) is 17.2 Å². The number of H-pyrrole nitrogens is 2. The van der Waals surface area contributed by atoms with Gasteiger partial charge in [0.1, 0.15) is 23.7 Å². The number of nitrogens with one attached hydrogen (secondary N) is 2. The van der Waals surface area contributed by atoms with Crippen molar-refractivity contribution in [2.45, 2.75) is 6.54 Å². The normalized spacial score (nSPS) is 10.7. The van der Waals surface area contributed by atoms with Crippen LogP contribution in [0.5, 0.6) is 0 Å². The highest BCUT2D eigenvalue weighted by Crippen LogP contribution is 2.30. The topological polar surface area (TPSA) is 88.6 Å². The quantitative estimate of drug-likeness (QED) is 0.515. The predicted octanol–water partition coefficient (Wildman–Crippen LogP) is 4.11. The fraction of sp³-hybridized carbons (Fsp3) is 0.0952. The van der Waals surface area contributed by atoms with Crippen LogP contribution in [0.4, 0.5) is 4.39 Å². The third kappa shape index (κ3) is 3.23. The number of amides is 1. The van der Waals surface area contributed by atoms with Crippen LogP contribution in [0, 0.1) is 17.1 Å². The third-order valence-electron chi connectivity index (χ3n) is 4.51. The van der Waals surface area contributed by atoms with Gasteiger partial charge in [0.05, 0.1) is 12.3 Å². The summed E-state index contributed by atoms with van der Waals surface area (Å²) >= 11 is 0. The number of rotatable bonds is 5. The Kier molecular flexibility index (Phi) is 4.60. The maximum Gasteiger partial charge on any atom is 0.271 e. The van der Waals surface area contributed by atoms with E-state index in [1.54, 1.807) is 24.5 Å². The summed E-state index contributed by atoms with van der Waals surface area (Å²) < 4.78 is 14.4. The number of benzene rings is 1. The monoisotopic (exact) mass is 375 g/mol. The first-order valence-corrected chi connectivity index (χ1v) is 8.68. The molecule has 2 N–H and O–H groups in total. The summed E-state index contributed by atoms with van der Waals surface area (Å²) in [7, 11) is 0. The summed E-state index contributed by atoms with van der Waals surface area (Å²) in [5.41, 5.74) is 2.70. The van der Waals surface area contributed by atoms with E-state index >= 15 is 0 Å². The molecule has 0 fully saturated rings. The summed E-state index contributed by atoms with van der Waals surface area (Å²) in [4.78, 5) is 24.2. The third-order valence-corrected chi connectivity index (χ3v) is 4.51. The van der Waals surface area contributed by atoms with E-state index < -0.39 is 5.82 Å². The number of fused-ring (bicyclic) bond motifs is 1. The molecule has 0 unspecified atom stereocenters. The molecule has 1 amide bonds. The van der Waals surface area contributed by atoms with Gasteiger partial charge in [-0.25, -0.2) is 9.37 Å². The summed E-state index contributed by atoms with van der Waals surface area (Å²) in [6.45, 7) is 0.265. The lowest BCUT2D eigenvalue weighted by molar-refractivity contribution is 0.0760. The Morgan fingerprint density at radius 3 is 2.86 bits per heavy atom. The lowest BCUT2D eigenvalue weighted by atomic mass is 10.1. The minimum Gasteiger partial charge on any atom is -0.357 e. The molecule has 140 valence electrons. The SMILES string of the molecule is N#CCN(Cc1ccccc1)C(=O)c1cc(-c2c(F)cnc3[nH]ccc23)c[nH]1.[HH]. The van der Waals surface area contributed by atoms with E-state index in [1.807, 2.05) is 36.4 Å². The average molecular weight is 375 g/mol. The molecule has 7 heteroatoms. The van der Waals surface area contributed by atoms with Gasteiger partial charge in [-0.15, -0.1) is 0 Å². The van der Waals surface area contributed by atoms with Crippen molar-refractivity contribution in [2.75, 3.05) is 6.54 Å². The smallest absolute Gasteiger partial charge is 0.271 e. The Balaban J connectivity index is 0.00000240. The Bertz CT molecular complexity index is 1180. The summed E-state index contributed by atoms with van der Waals surface area (Å²) in [5, 5.41) is 9.75. The van der Waals surface area contributed by atoms with Gasteiger partial charge in [-0.2, -0.15) is 5.26 Å². The highest BCUT2D eigenvalue weighted by atomic mass is 19.1. The Morgan fingerprint density at radius 1 is 1.25 bits per heavy atom. The summed E-state index contributed by atoms with van der Waals surface area (Å²) in [5.74, 6) is -0.792. The fourth-order valence-electron chi connectivity index (χ4n) is 3.20. The van der Waals surface area contributed by atoms with Crippen molar-refractivity contribution >= 4 is 16.9 Å². The van der Waals surface area contributed by atoms with E-state index in [0.717, 1.165) is 11.8 Å². The maximum atomic E-state index is 14.4. The van der Waals surface area contributed by atoms with Crippen molar-refractivity contribution in [2.24, 2.45) is 0 Å². The molecule has 0 bridgehead atoms. The van der Waals surface area contributed by atoms with E-state index in [2.05, 4.69) is 15.0 Å². The van der Waals surface area contributed by atoms with Gasteiger partial charge in [-0.3, -0.25) is 4.79 Å². The minimum atomic E-state index is -0.469. The van der Waals surface area contributed by atoms with Crippen molar-refractivity contribution < 1.29 is 10.6 Å². The average Bonchev–Trinajstić information content (AvgIpc) is 3.37. The van der Waals surface area contributed by atoms with E-state index in [9.17, 15) is 9.18 Å². The number of hydrogen-bond donors (Lipinski definition) is 2. The molecule has 0 spiro atoms. The number of aromatic nitrogens is 3. The maximum absolute atomic E-state index is 14.4. The van der Waals surface area contributed by atoms with Gasteiger partial charge in [-0.05, 0) is 17.7 Å². The zero-order valence-electron chi connectivity index (χ0n) is 14.8. The molecule has 6 nitrogen and oxygen atoms in total. The zero-order chi connectivity index (χ0) is 19.5. The Labute approximate surface area is 161 Å². The van der Waals surface area contributed by atoms with E-state index in [4.69, 9.17) is 5.26 Å². The van der Waals surface area contributed by atoms with E-state index in [0.29, 0.717) is 34.4 Å². The van der Waals surface area contributed by atoms with Crippen LogP contribution in [0.25, 0.3) is 22.2 Å². The van der Waals surface area contributed by atoms with Gasteiger partial charge >= 0.3 is 0 Å². The molecule has 4 rings (SSSR count). The number of carbonyl (C=O) groups is 1. The first kappa shape index (κ1) is 17.5. The lowest BCUT2D eigenvalue weighted by Gasteiger charge is -2.18. The molecular formula is C21H18FN5O. The van der Waals surface area contributed by atoms with Crippen LogP contribution in [0.2, 0.25) is 0 Å². The molecule has 0 aliphatic heterocycles. The Hall–Kier alpha value is -3.92. The number of aromatic amines is 2. The fourth-order valence-corrected chi connectivity index (χ4v) is 3.20. The van der Waals surface area contributed by atoms with Gasteiger partial charge in [0.15, 0.2) is 0 Å². The van der Waals surface area contributed by atoms with Crippen molar-refractivity contribution in [1.82, 2.24) is 19.9 Å². The van der Waals surface area contributed by atoms with Crippen LogP contribution in [-0.2, 0) is 6.54 Å².